The van der Waals surface area contributed by atoms with Gasteiger partial charge in [-0.1, -0.05) is 24.3 Å². The van der Waals surface area contributed by atoms with Crippen LogP contribution in [0.4, 0.5) is 5.82 Å². The van der Waals surface area contributed by atoms with Crippen molar-refractivity contribution in [2.24, 2.45) is 0 Å². The van der Waals surface area contributed by atoms with Crippen LogP contribution in [0.5, 0.6) is 0 Å². The number of aryl methyl sites for hydroxylation is 1. The van der Waals surface area contributed by atoms with E-state index in [-0.39, 0.29) is 5.56 Å². The summed E-state index contributed by atoms with van der Waals surface area (Å²) in [6.07, 6.45) is 2.79. The third kappa shape index (κ3) is 3.40. The van der Waals surface area contributed by atoms with Crippen molar-refractivity contribution >= 4 is 22.1 Å². The summed E-state index contributed by atoms with van der Waals surface area (Å²) < 4.78 is 1.42. The van der Waals surface area contributed by atoms with E-state index in [0.29, 0.717) is 4.96 Å². The second-order valence-corrected chi connectivity index (χ2v) is 7.33. The lowest BCUT2D eigenvalue weighted by Crippen LogP contribution is -3.13. The van der Waals surface area contributed by atoms with E-state index in [0.717, 1.165) is 55.7 Å². The van der Waals surface area contributed by atoms with Crippen molar-refractivity contribution in [2.45, 2.75) is 19.9 Å². The highest BCUT2D eigenvalue weighted by Crippen LogP contribution is 2.11. The Morgan fingerprint density at radius 3 is 2.88 bits per heavy atom. The van der Waals surface area contributed by atoms with E-state index in [1.54, 1.807) is 6.07 Å². The zero-order valence-corrected chi connectivity index (χ0v) is 15.1. The van der Waals surface area contributed by atoms with Crippen LogP contribution in [0, 0.1) is 0 Å². The first kappa shape index (κ1) is 16.2. The zero-order valence-electron chi connectivity index (χ0n) is 14.2. The minimum Gasteiger partial charge on any atom is -0.323 e. The molecule has 1 aliphatic heterocycles. The van der Waals surface area contributed by atoms with Crippen molar-refractivity contribution in [3.05, 3.63) is 51.5 Å². The molecule has 0 radical (unpaired) electrons. The van der Waals surface area contributed by atoms with Crippen molar-refractivity contribution in [3.8, 4) is 0 Å². The summed E-state index contributed by atoms with van der Waals surface area (Å²) in [4.78, 5) is 24.7. The molecule has 7 nitrogen and oxygen atoms in total. The molecule has 4 rings (SSSR count). The highest BCUT2D eigenvalue weighted by molar-refractivity contribution is 7.16. The van der Waals surface area contributed by atoms with Crippen molar-refractivity contribution in [1.82, 2.24) is 14.6 Å². The van der Waals surface area contributed by atoms with E-state index in [2.05, 4.69) is 32.1 Å². The second kappa shape index (κ2) is 6.89. The topological polar surface area (TPSA) is 69.1 Å². The molecule has 1 aliphatic rings. The first-order valence-electron chi connectivity index (χ1n) is 8.67. The molecule has 2 N–H and O–H groups in total. The molecule has 3 aromatic heterocycles. The summed E-state index contributed by atoms with van der Waals surface area (Å²) in [5.74, 6) is 1.16. The molecule has 0 atom stereocenters. The molecular weight excluding hydrogens is 336 g/mol. The molecule has 3 aromatic rings. The average Bonchev–Trinajstić information content (AvgIpc) is 3.07. The first-order valence-corrected chi connectivity index (χ1v) is 9.48. The van der Waals surface area contributed by atoms with Gasteiger partial charge in [-0.25, -0.2) is 9.97 Å². The summed E-state index contributed by atoms with van der Waals surface area (Å²) >= 11 is 1.50. The summed E-state index contributed by atoms with van der Waals surface area (Å²) in [5.41, 5.74) is 0.791. The lowest BCUT2D eigenvalue weighted by Gasteiger charge is -2.28. The summed E-state index contributed by atoms with van der Waals surface area (Å²) in [7, 11) is 0. The van der Waals surface area contributed by atoms with Crippen LogP contribution in [0.15, 0.2) is 35.3 Å². The number of piperazine rings is 1. The van der Waals surface area contributed by atoms with E-state index in [9.17, 15) is 4.79 Å². The Hall–Kier alpha value is -2.32. The highest BCUT2D eigenvalue weighted by Gasteiger charge is 2.26. The number of aromatic amines is 1. The quantitative estimate of drug-likeness (QED) is 0.678. The molecule has 0 unspecified atom stereocenters. The van der Waals surface area contributed by atoms with Crippen LogP contribution in [-0.2, 0) is 13.0 Å². The predicted octanol–water partition coefficient (Wildman–Crippen LogP) is -0.567. The normalized spacial score (nSPS) is 15.8. The maximum absolute atomic E-state index is 12.3. The maximum Gasteiger partial charge on any atom is 0.275 e. The van der Waals surface area contributed by atoms with Crippen LogP contribution < -0.4 is 20.3 Å². The number of nitrogens with one attached hydrogen (secondary N) is 2. The van der Waals surface area contributed by atoms with Gasteiger partial charge in [-0.3, -0.25) is 9.69 Å². The lowest BCUT2D eigenvalue weighted by molar-refractivity contribution is -0.914. The van der Waals surface area contributed by atoms with Crippen molar-refractivity contribution < 1.29 is 9.88 Å². The van der Waals surface area contributed by atoms with E-state index < -0.39 is 0 Å². The van der Waals surface area contributed by atoms with Gasteiger partial charge in [0, 0.05) is 12.1 Å². The highest BCUT2D eigenvalue weighted by atomic mass is 32.1. The zero-order chi connectivity index (χ0) is 17.2. The SMILES string of the molecule is CCc1nn2c(=O)cc(C[NH+]3CCN(c4cccc[nH+]4)CC3)nc2s1. The molecule has 8 heteroatoms. The molecule has 1 saturated heterocycles. The number of aromatic nitrogens is 4. The lowest BCUT2D eigenvalue weighted by atomic mass is 10.2. The van der Waals surface area contributed by atoms with Crippen LogP contribution in [-0.4, -0.2) is 40.8 Å². The molecule has 130 valence electrons. The molecule has 0 bridgehead atoms. The largest absolute Gasteiger partial charge is 0.323 e. The molecular formula is C17H22N6OS+2. The minimum atomic E-state index is -0.0760. The van der Waals surface area contributed by atoms with Crippen molar-refractivity contribution in [3.63, 3.8) is 0 Å². The number of nitrogens with zero attached hydrogens (tertiary/aromatic N) is 4. The third-order valence-electron chi connectivity index (χ3n) is 4.58. The Bertz CT molecular complexity index is 914. The van der Waals surface area contributed by atoms with Crippen LogP contribution in [0.1, 0.15) is 17.6 Å². The number of anilines is 1. The van der Waals surface area contributed by atoms with Crippen LogP contribution in [0.2, 0.25) is 0 Å². The number of quaternary nitrogens is 1. The van der Waals surface area contributed by atoms with Gasteiger partial charge >= 0.3 is 0 Å². The van der Waals surface area contributed by atoms with Gasteiger partial charge in [0.25, 0.3) is 11.4 Å². The molecule has 0 amide bonds. The molecule has 1 fully saturated rings. The van der Waals surface area contributed by atoms with Crippen LogP contribution in [0.25, 0.3) is 4.96 Å². The van der Waals surface area contributed by atoms with E-state index in [4.69, 9.17) is 0 Å². The summed E-state index contributed by atoms with van der Waals surface area (Å²) in [6.45, 7) is 6.89. The Morgan fingerprint density at radius 2 is 2.16 bits per heavy atom. The molecule has 25 heavy (non-hydrogen) atoms. The number of fused-ring (bicyclic) bond motifs is 1. The van der Waals surface area contributed by atoms with E-state index in [1.165, 1.54) is 20.8 Å². The van der Waals surface area contributed by atoms with Gasteiger partial charge in [0.15, 0.2) is 0 Å². The van der Waals surface area contributed by atoms with Crippen LogP contribution in [0.3, 0.4) is 0 Å². The molecule has 0 saturated carbocycles. The van der Waals surface area contributed by atoms with Crippen molar-refractivity contribution in [2.75, 3.05) is 31.1 Å². The molecule has 0 aromatic carbocycles. The molecule has 0 spiro atoms. The Balaban J connectivity index is 1.45. The predicted molar refractivity (Wildman–Crippen MR) is 96.1 cm³/mol. The van der Waals surface area contributed by atoms with Crippen molar-refractivity contribution in [1.29, 1.82) is 0 Å². The monoisotopic (exact) mass is 358 g/mol. The summed E-state index contributed by atoms with van der Waals surface area (Å²) in [6, 6.07) is 7.79. The van der Waals surface area contributed by atoms with Crippen LogP contribution >= 0.6 is 11.3 Å². The van der Waals surface area contributed by atoms with Gasteiger partial charge < -0.3 is 4.90 Å². The summed E-state index contributed by atoms with van der Waals surface area (Å²) in [5, 5.41) is 5.25. The smallest absolute Gasteiger partial charge is 0.275 e. The van der Waals surface area contributed by atoms with E-state index in [1.807, 2.05) is 19.2 Å². The first-order chi connectivity index (χ1) is 12.2. The van der Waals surface area contributed by atoms with Gasteiger partial charge in [0.1, 0.15) is 43.4 Å². The number of hydrogen-bond acceptors (Lipinski definition) is 5. The average molecular weight is 358 g/mol. The van der Waals surface area contributed by atoms with Gasteiger partial charge in [0.2, 0.25) is 4.96 Å². The number of H-pyrrole nitrogens is 1. The number of pyridine rings is 1. The van der Waals surface area contributed by atoms with E-state index >= 15 is 0 Å². The fourth-order valence-electron chi connectivity index (χ4n) is 3.21. The maximum atomic E-state index is 12.3. The Labute approximate surface area is 149 Å². The van der Waals surface area contributed by atoms with Gasteiger partial charge in [-0.2, -0.15) is 9.61 Å². The number of rotatable bonds is 4. The standard InChI is InChI=1S/C17H20N6OS/c1-2-15-20-23-16(24)11-13(19-17(23)25-15)12-21-7-9-22(10-8-21)14-5-3-4-6-18-14/h3-6,11H,2,7-10,12H2,1H3/p+2. The Morgan fingerprint density at radius 1 is 1.32 bits per heavy atom. The molecule has 0 aliphatic carbocycles. The van der Waals surface area contributed by atoms with Gasteiger partial charge in [0.05, 0.1) is 6.20 Å². The minimum absolute atomic E-state index is 0.0760. The number of hydrogen-bond donors (Lipinski definition) is 1. The molecule has 4 heterocycles. The second-order valence-electron chi connectivity index (χ2n) is 6.29. The third-order valence-corrected chi connectivity index (χ3v) is 5.63. The van der Waals surface area contributed by atoms with Gasteiger partial charge in [-0.05, 0) is 12.5 Å². The fourth-order valence-corrected chi connectivity index (χ4v) is 4.06. The Kier molecular flexibility index (Phi) is 4.46. The van der Waals surface area contributed by atoms with Gasteiger partial charge in [-0.15, -0.1) is 0 Å². The fraction of sp³-hybridized carbons (Fsp3) is 0.412.